The lowest BCUT2D eigenvalue weighted by Gasteiger charge is -2.21. The van der Waals surface area contributed by atoms with Gasteiger partial charge in [0.25, 0.3) is 0 Å². The normalized spacial score (nSPS) is 12.6. The van der Waals surface area contributed by atoms with E-state index < -0.39 is 14.8 Å². The van der Waals surface area contributed by atoms with Gasteiger partial charge in [-0.05, 0) is 39.3 Å². The third-order valence-electron chi connectivity index (χ3n) is 2.18. The van der Waals surface area contributed by atoms with E-state index in [0.717, 1.165) is 0 Å². The number of halogens is 2. The highest BCUT2D eigenvalue weighted by Gasteiger charge is 2.30. The molecule has 1 aromatic heterocycles. The number of rotatable bonds is 2. The molecular weight excluding hydrogens is 283 g/mol. The minimum Gasteiger partial charge on any atom is -0.280 e. The highest BCUT2D eigenvalue weighted by molar-refractivity contribution is 7.94. The second-order valence-electron chi connectivity index (χ2n) is 4.65. The largest absolute Gasteiger partial charge is 0.280 e. The third kappa shape index (κ3) is 3.24. The fourth-order valence-corrected chi connectivity index (χ4v) is 2.47. The van der Waals surface area contributed by atoms with Gasteiger partial charge in [-0.3, -0.25) is 4.72 Å². The van der Waals surface area contributed by atoms with Crippen molar-refractivity contribution < 1.29 is 8.42 Å². The van der Waals surface area contributed by atoms with Gasteiger partial charge in [-0.25, -0.2) is 13.4 Å². The van der Waals surface area contributed by atoms with Crippen LogP contribution in [0, 0.1) is 6.92 Å². The summed E-state index contributed by atoms with van der Waals surface area (Å²) >= 11 is 11.6. The Bertz CT molecular complexity index is 513. The third-order valence-corrected chi connectivity index (χ3v) is 4.74. The maximum atomic E-state index is 12.0. The van der Waals surface area contributed by atoms with Crippen molar-refractivity contribution in [1.82, 2.24) is 4.98 Å². The number of nitrogens with one attached hydrogen (secondary N) is 1. The second-order valence-corrected chi connectivity index (χ2v) is 7.83. The molecule has 4 nitrogen and oxygen atoms in total. The molecule has 0 saturated carbocycles. The Morgan fingerprint density at radius 1 is 1.29 bits per heavy atom. The van der Waals surface area contributed by atoms with Crippen LogP contribution in [0.3, 0.4) is 0 Å². The SMILES string of the molecule is Cc1cc(Cl)nc(Cl)c1NS(=O)(=O)C(C)(C)C. The molecule has 0 atom stereocenters. The Kier molecular flexibility index (Phi) is 3.96. The van der Waals surface area contributed by atoms with E-state index in [4.69, 9.17) is 23.2 Å². The molecule has 0 aliphatic heterocycles. The van der Waals surface area contributed by atoms with Crippen LogP contribution in [0.1, 0.15) is 26.3 Å². The van der Waals surface area contributed by atoms with Gasteiger partial charge in [-0.15, -0.1) is 0 Å². The van der Waals surface area contributed by atoms with E-state index in [2.05, 4.69) is 9.71 Å². The summed E-state index contributed by atoms with van der Waals surface area (Å²) < 4.78 is 25.5. The van der Waals surface area contributed by atoms with Crippen LogP contribution in [-0.2, 0) is 10.0 Å². The number of anilines is 1. The standard InChI is InChI=1S/C10H14Cl2N2O2S/c1-6-5-7(11)13-9(12)8(6)14-17(15,16)10(2,3)4/h5,14H,1-4H3. The van der Waals surface area contributed by atoms with Gasteiger partial charge in [0.05, 0.1) is 10.4 Å². The van der Waals surface area contributed by atoms with Crippen LogP contribution in [0.4, 0.5) is 5.69 Å². The summed E-state index contributed by atoms with van der Waals surface area (Å²) in [6.45, 7) is 6.51. The van der Waals surface area contributed by atoms with Gasteiger partial charge in [0.1, 0.15) is 5.15 Å². The zero-order chi connectivity index (χ0) is 13.4. The number of nitrogens with zero attached hydrogens (tertiary/aromatic N) is 1. The first-order valence-corrected chi connectivity index (χ1v) is 7.13. The second kappa shape index (κ2) is 4.63. The Morgan fingerprint density at radius 2 is 1.82 bits per heavy atom. The van der Waals surface area contributed by atoms with Crippen molar-refractivity contribution >= 4 is 38.9 Å². The fourth-order valence-electron chi connectivity index (χ4n) is 1.01. The molecule has 96 valence electrons. The summed E-state index contributed by atoms with van der Waals surface area (Å²) in [6.07, 6.45) is 0. The molecule has 0 unspecified atom stereocenters. The van der Waals surface area contributed by atoms with Crippen molar-refractivity contribution in [2.75, 3.05) is 4.72 Å². The van der Waals surface area contributed by atoms with Crippen LogP contribution in [0.15, 0.2) is 6.07 Å². The first-order valence-electron chi connectivity index (χ1n) is 4.89. The van der Waals surface area contributed by atoms with Crippen LogP contribution < -0.4 is 4.72 Å². The topological polar surface area (TPSA) is 59.1 Å². The predicted octanol–water partition coefficient (Wildman–Crippen LogP) is 3.24. The molecule has 1 heterocycles. The van der Waals surface area contributed by atoms with Gasteiger partial charge in [0.2, 0.25) is 10.0 Å². The van der Waals surface area contributed by atoms with E-state index in [1.165, 1.54) is 0 Å². The van der Waals surface area contributed by atoms with E-state index in [9.17, 15) is 8.42 Å². The first-order chi connectivity index (χ1) is 7.54. The van der Waals surface area contributed by atoms with Gasteiger partial charge in [-0.2, -0.15) is 0 Å². The molecular formula is C10H14Cl2N2O2S. The van der Waals surface area contributed by atoms with E-state index in [1.54, 1.807) is 33.8 Å². The summed E-state index contributed by atoms with van der Waals surface area (Å²) in [5.41, 5.74) is 0.897. The predicted molar refractivity (Wildman–Crippen MR) is 71.3 cm³/mol. The quantitative estimate of drug-likeness (QED) is 0.852. The lowest BCUT2D eigenvalue weighted by atomic mass is 10.3. The zero-order valence-electron chi connectivity index (χ0n) is 10.0. The minimum atomic E-state index is -3.53. The number of aryl methyl sites for hydroxylation is 1. The maximum absolute atomic E-state index is 12.0. The average molecular weight is 297 g/mol. The molecule has 1 aromatic rings. The summed E-state index contributed by atoms with van der Waals surface area (Å²) in [5, 5.41) is 0.272. The number of hydrogen-bond acceptors (Lipinski definition) is 3. The fraction of sp³-hybridized carbons (Fsp3) is 0.500. The lowest BCUT2D eigenvalue weighted by molar-refractivity contribution is 0.566. The molecule has 7 heteroatoms. The monoisotopic (exact) mass is 296 g/mol. The van der Waals surface area contributed by atoms with Crippen LogP contribution in [0.25, 0.3) is 0 Å². The Balaban J connectivity index is 3.22. The van der Waals surface area contributed by atoms with Gasteiger partial charge >= 0.3 is 0 Å². The van der Waals surface area contributed by atoms with E-state index in [-0.39, 0.29) is 16.0 Å². The van der Waals surface area contributed by atoms with Crippen LogP contribution in [0.2, 0.25) is 10.3 Å². The van der Waals surface area contributed by atoms with Crippen molar-refractivity contribution in [2.24, 2.45) is 0 Å². The molecule has 1 N–H and O–H groups in total. The molecule has 0 radical (unpaired) electrons. The van der Waals surface area contributed by atoms with E-state index >= 15 is 0 Å². The van der Waals surface area contributed by atoms with E-state index in [0.29, 0.717) is 5.56 Å². The average Bonchev–Trinajstić information content (AvgIpc) is 2.09. The molecule has 0 spiro atoms. The highest BCUT2D eigenvalue weighted by atomic mass is 35.5. The highest BCUT2D eigenvalue weighted by Crippen LogP contribution is 2.29. The molecule has 0 fully saturated rings. The van der Waals surface area contributed by atoms with Crippen molar-refractivity contribution in [2.45, 2.75) is 32.4 Å². The van der Waals surface area contributed by atoms with Crippen LogP contribution in [-0.4, -0.2) is 18.1 Å². The van der Waals surface area contributed by atoms with Gasteiger partial charge in [0, 0.05) is 0 Å². The number of pyridine rings is 1. The van der Waals surface area contributed by atoms with Crippen molar-refractivity contribution in [3.8, 4) is 0 Å². The van der Waals surface area contributed by atoms with Crippen LogP contribution >= 0.6 is 23.2 Å². The molecule has 0 aliphatic carbocycles. The molecule has 0 saturated heterocycles. The molecule has 0 aromatic carbocycles. The number of sulfonamides is 1. The Labute approximate surface area is 111 Å². The Morgan fingerprint density at radius 3 is 2.24 bits per heavy atom. The molecule has 0 bridgehead atoms. The van der Waals surface area contributed by atoms with Crippen molar-refractivity contribution in [1.29, 1.82) is 0 Å². The first kappa shape index (κ1) is 14.5. The van der Waals surface area contributed by atoms with Crippen molar-refractivity contribution in [3.63, 3.8) is 0 Å². The van der Waals surface area contributed by atoms with E-state index in [1.807, 2.05) is 0 Å². The summed E-state index contributed by atoms with van der Waals surface area (Å²) in [7, 11) is -3.53. The van der Waals surface area contributed by atoms with Crippen molar-refractivity contribution in [3.05, 3.63) is 21.9 Å². The number of hydrogen-bond donors (Lipinski definition) is 1. The van der Waals surface area contributed by atoms with Gasteiger partial charge in [0.15, 0.2) is 5.15 Å². The summed E-state index contributed by atoms with van der Waals surface area (Å²) in [6, 6.07) is 1.55. The molecule has 0 aliphatic rings. The minimum absolute atomic E-state index is 0.0443. The van der Waals surface area contributed by atoms with Crippen LogP contribution in [0.5, 0.6) is 0 Å². The summed E-state index contributed by atoms with van der Waals surface area (Å²) in [5.74, 6) is 0. The Hall–Kier alpha value is -0.520. The van der Waals surface area contributed by atoms with Gasteiger partial charge < -0.3 is 0 Å². The van der Waals surface area contributed by atoms with Gasteiger partial charge in [-0.1, -0.05) is 23.2 Å². The molecule has 1 rings (SSSR count). The summed E-state index contributed by atoms with van der Waals surface area (Å²) in [4.78, 5) is 3.80. The maximum Gasteiger partial charge on any atom is 0.237 e. The molecule has 17 heavy (non-hydrogen) atoms. The number of aromatic nitrogens is 1. The zero-order valence-corrected chi connectivity index (χ0v) is 12.3. The lowest BCUT2D eigenvalue weighted by Crippen LogP contribution is -2.34. The molecule has 0 amide bonds. The smallest absolute Gasteiger partial charge is 0.237 e.